The lowest BCUT2D eigenvalue weighted by Gasteiger charge is -2.19. The molecule has 1 fully saturated rings. The van der Waals surface area contributed by atoms with Crippen LogP contribution in [0, 0.1) is 25.2 Å². The van der Waals surface area contributed by atoms with Crippen LogP contribution in [0.1, 0.15) is 55.5 Å². The third-order valence-electron chi connectivity index (χ3n) is 4.22. The molecule has 118 valence electrons. The standard InChI is InChI=1S/C16H21N3O3/c1-10-11(2)19(13-6-4-5-7-13)16(14(10)8-17)18-15(21)9-22-12(3)20/h13H,4-7,9H2,1-3H3,(H,18,21). The van der Waals surface area contributed by atoms with Crippen molar-refractivity contribution in [3.63, 3.8) is 0 Å². The second-order valence-corrected chi connectivity index (χ2v) is 5.68. The lowest BCUT2D eigenvalue weighted by Crippen LogP contribution is -2.23. The molecule has 0 spiro atoms. The molecule has 0 radical (unpaired) electrons. The quantitative estimate of drug-likeness (QED) is 0.866. The molecule has 6 nitrogen and oxygen atoms in total. The molecule has 0 atom stereocenters. The Morgan fingerprint density at radius 2 is 2.00 bits per heavy atom. The fourth-order valence-electron chi connectivity index (χ4n) is 3.04. The number of nitrogens with one attached hydrogen (secondary N) is 1. The van der Waals surface area contributed by atoms with Gasteiger partial charge in [0.05, 0.1) is 5.56 Å². The Morgan fingerprint density at radius 3 is 2.55 bits per heavy atom. The molecule has 1 aromatic heterocycles. The van der Waals surface area contributed by atoms with Gasteiger partial charge in [-0.25, -0.2) is 0 Å². The Hall–Kier alpha value is -2.29. The van der Waals surface area contributed by atoms with Gasteiger partial charge in [0.15, 0.2) is 6.61 Å². The van der Waals surface area contributed by atoms with Crippen LogP contribution in [0.25, 0.3) is 0 Å². The van der Waals surface area contributed by atoms with E-state index in [0.717, 1.165) is 36.9 Å². The zero-order valence-electron chi connectivity index (χ0n) is 13.2. The van der Waals surface area contributed by atoms with E-state index in [9.17, 15) is 14.9 Å². The topological polar surface area (TPSA) is 84.1 Å². The molecule has 1 N–H and O–H groups in total. The molecular formula is C16H21N3O3. The van der Waals surface area contributed by atoms with Gasteiger partial charge in [-0.3, -0.25) is 9.59 Å². The largest absolute Gasteiger partial charge is 0.456 e. The number of esters is 1. The summed E-state index contributed by atoms with van der Waals surface area (Å²) in [5.74, 6) is -0.404. The monoisotopic (exact) mass is 303 g/mol. The normalized spacial score (nSPS) is 14.6. The van der Waals surface area contributed by atoms with Crippen molar-refractivity contribution in [1.82, 2.24) is 4.57 Å². The van der Waals surface area contributed by atoms with Crippen molar-refractivity contribution in [3.05, 3.63) is 16.8 Å². The van der Waals surface area contributed by atoms with Crippen LogP contribution in [-0.4, -0.2) is 23.1 Å². The molecule has 1 aliphatic rings. The number of amides is 1. The molecular weight excluding hydrogens is 282 g/mol. The molecule has 2 rings (SSSR count). The number of nitriles is 1. The molecule has 1 amide bonds. The first kappa shape index (κ1) is 16.1. The SMILES string of the molecule is CC(=O)OCC(=O)Nc1c(C#N)c(C)c(C)n1C1CCCC1. The number of carbonyl (C=O) groups is 2. The van der Waals surface area contributed by atoms with E-state index in [1.807, 2.05) is 13.8 Å². The van der Waals surface area contributed by atoms with Gasteiger partial charge in [0.1, 0.15) is 11.9 Å². The fraction of sp³-hybridized carbons (Fsp3) is 0.562. The van der Waals surface area contributed by atoms with Crippen LogP contribution >= 0.6 is 0 Å². The van der Waals surface area contributed by atoms with Gasteiger partial charge in [0.2, 0.25) is 0 Å². The van der Waals surface area contributed by atoms with Crippen LogP contribution in [0.3, 0.4) is 0 Å². The van der Waals surface area contributed by atoms with Crippen LogP contribution in [0.4, 0.5) is 5.82 Å². The molecule has 1 heterocycles. The highest BCUT2D eigenvalue weighted by atomic mass is 16.5. The van der Waals surface area contributed by atoms with E-state index in [1.165, 1.54) is 6.92 Å². The number of carbonyl (C=O) groups excluding carboxylic acids is 2. The number of hydrogen-bond donors (Lipinski definition) is 1. The number of rotatable bonds is 4. The number of nitrogens with zero attached hydrogens (tertiary/aromatic N) is 2. The molecule has 6 heteroatoms. The van der Waals surface area contributed by atoms with Crippen LogP contribution < -0.4 is 5.32 Å². The van der Waals surface area contributed by atoms with Gasteiger partial charge in [-0.05, 0) is 32.3 Å². The van der Waals surface area contributed by atoms with Gasteiger partial charge < -0.3 is 14.6 Å². The van der Waals surface area contributed by atoms with Crippen LogP contribution in [0.15, 0.2) is 0 Å². The summed E-state index contributed by atoms with van der Waals surface area (Å²) in [6, 6.07) is 2.49. The summed E-state index contributed by atoms with van der Waals surface area (Å²) in [5.41, 5.74) is 2.38. The van der Waals surface area contributed by atoms with Gasteiger partial charge in [0.25, 0.3) is 5.91 Å². The van der Waals surface area contributed by atoms with Crippen LogP contribution in [-0.2, 0) is 14.3 Å². The molecule has 0 unspecified atom stereocenters. The molecule has 0 aliphatic heterocycles. The van der Waals surface area contributed by atoms with Crippen molar-refractivity contribution in [2.45, 2.75) is 52.5 Å². The zero-order valence-corrected chi connectivity index (χ0v) is 13.2. The van der Waals surface area contributed by atoms with E-state index in [-0.39, 0.29) is 6.61 Å². The summed E-state index contributed by atoms with van der Waals surface area (Å²) in [7, 11) is 0. The van der Waals surface area contributed by atoms with Crippen molar-refractivity contribution in [3.8, 4) is 6.07 Å². The number of anilines is 1. The minimum atomic E-state index is -0.505. The van der Waals surface area contributed by atoms with Gasteiger partial charge in [-0.1, -0.05) is 12.8 Å². The Kier molecular flexibility index (Phi) is 4.86. The van der Waals surface area contributed by atoms with E-state index in [4.69, 9.17) is 4.74 Å². The van der Waals surface area contributed by atoms with E-state index in [1.54, 1.807) is 0 Å². The number of ether oxygens (including phenoxy) is 1. The average molecular weight is 303 g/mol. The average Bonchev–Trinajstić information content (AvgIpc) is 3.05. The maximum absolute atomic E-state index is 12.0. The summed E-state index contributed by atoms with van der Waals surface area (Å²) in [4.78, 5) is 22.8. The molecule has 1 saturated carbocycles. The predicted molar refractivity (Wildman–Crippen MR) is 81.4 cm³/mol. The Morgan fingerprint density at radius 1 is 1.36 bits per heavy atom. The Bertz CT molecular complexity index is 634. The summed E-state index contributed by atoms with van der Waals surface area (Å²) >= 11 is 0. The minimum Gasteiger partial charge on any atom is -0.456 e. The summed E-state index contributed by atoms with van der Waals surface area (Å²) in [6.45, 7) is 4.77. The smallest absolute Gasteiger partial charge is 0.303 e. The Labute approximate surface area is 130 Å². The number of aromatic nitrogens is 1. The zero-order chi connectivity index (χ0) is 16.3. The van der Waals surface area contributed by atoms with Gasteiger partial charge in [-0.2, -0.15) is 5.26 Å². The summed E-state index contributed by atoms with van der Waals surface area (Å²) < 4.78 is 6.77. The third-order valence-corrected chi connectivity index (χ3v) is 4.22. The first-order chi connectivity index (χ1) is 10.5. The lowest BCUT2D eigenvalue weighted by molar-refractivity contribution is -0.144. The van der Waals surface area contributed by atoms with E-state index >= 15 is 0 Å². The van der Waals surface area contributed by atoms with Gasteiger partial charge >= 0.3 is 5.97 Å². The van der Waals surface area contributed by atoms with Crippen molar-refractivity contribution < 1.29 is 14.3 Å². The highest BCUT2D eigenvalue weighted by molar-refractivity contribution is 5.93. The second kappa shape index (κ2) is 6.65. The first-order valence-corrected chi connectivity index (χ1v) is 7.50. The molecule has 1 aliphatic carbocycles. The first-order valence-electron chi connectivity index (χ1n) is 7.50. The van der Waals surface area contributed by atoms with Crippen molar-refractivity contribution in [1.29, 1.82) is 5.26 Å². The van der Waals surface area contributed by atoms with Gasteiger partial charge in [-0.15, -0.1) is 0 Å². The highest BCUT2D eigenvalue weighted by Gasteiger charge is 2.26. The highest BCUT2D eigenvalue weighted by Crippen LogP contribution is 2.37. The van der Waals surface area contributed by atoms with Gasteiger partial charge in [0, 0.05) is 18.7 Å². The molecule has 0 saturated heterocycles. The maximum Gasteiger partial charge on any atom is 0.303 e. The molecule has 22 heavy (non-hydrogen) atoms. The Balaban J connectivity index is 2.32. The van der Waals surface area contributed by atoms with Crippen LogP contribution in [0.5, 0.6) is 0 Å². The lowest BCUT2D eigenvalue weighted by atomic mass is 10.2. The summed E-state index contributed by atoms with van der Waals surface area (Å²) in [6.07, 6.45) is 4.41. The van der Waals surface area contributed by atoms with E-state index < -0.39 is 11.9 Å². The number of hydrogen-bond acceptors (Lipinski definition) is 4. The van der Waals surface area contributed by atoms with E-state index in [2.05, 4.69) is 16.0 Å². The third kappa shape index (κ3) is 3.14. The van der Waals surface area contributed by atoms with Crippen molar-refractivity contribution >= 4 is 17.7 Å². The predicted octanol–water partition coefficient (Wildman–Crippen LogP) is 2.59. The maximum atomic E-state index is 12.0. The van der Waals surface area contributed by atoms with Crippen LogP contribution in [0.2, 0.25) is 0 Å². The van der Waals surface area contributed by atoms with Crippen molar-refractivity contribution in [2.75, 3.05) is 11.9 Å². The summed E-state index contributed by atoms with van der Waals surface area (Å²) in [5, 5.41) is 12.2. The second-order valence-electron chi connectivity index (χ2n) is 5.68. The molecule has 0 bridgehead atoms. The van der Waals surface area contributed by atoms with Crippen molar-refractivity contribution in [2.24, 2.45) is 0 Å². The molecule has 0 aromatic carbocycles. The molecule has 1 aromatic rings. The minimum absolute atomic E-state index is 0.310. The van der Waals surface area contributed by atoms with E-state index in [0.29, 0.717) is 17.4 Å². The fourth-order valence-corrected chi connectivity index (χ4v) is 3.04.